The summed E-state index contributed by atoms with van der Waals surface area (Å²) >= 11 is 1.50. The van der Waals surface area contributed by atoms with Crippen molar-refractivity contribution in [3.05, 3.63) is 57.8 Å². The Labute approximate surface area is 151 Å². The molecule has 2 rings (SSSR count). The SMILES string of the molecule is Cc1ccc(C(CC(=N)c2cccs2)NC(=O)CCCC(=O)O)cc1. The quantitative estimate of drug-likeness (QED) is 0.593. The molecule has 0 radical (unpaired) electrons. The minimum absolute atomic E-state index is 0.0202. The first kappa shape index (κ1) is 18.9. The van der Waals surface area contributed by atoms with E-state index in [1.807, 2.05) is 48.7 Å². The van der Waals surface area contributed by atoms with E-state index in [1.54, 1.807) is 0 Å². The van der Waals surface area contributed by atoms with Gasteiger partial charge in [-0.25, -0.2) is 0 Å². The Kier molecular flexibility index (Phi) is 6.89. The summed E-state index contributed by atoms with van der Waals surface area (Å²) in [7, 11) is 0. The molecule has 1 aromatic heterocycles. The molecule has 132 valence electrons. The van der Waals surface area contributed by atoms with Gasteiger partial charge >= 0.3 is 5.97 Å². The number of carbonyl (C=O) groups is 2. The van der Waals surface area contributed by atoms with Gasteiger partial charge in [0.2, 0.25) is 5.91 Å². The summed E-state index contributed by atoms with van der Waals surface area (Å²) in [5.74, 6) is -1.09. The number of amides is 1. The summed E-state index contributed by atoms with van der Waals surface area (Å²) in [6.07, 6.45) is 0.854. The number of hydrogen-bond donors (Lipinski definition) is 3. The first-order valence-electron chi connectivity index (χ1n) is 8.14. The fraction of sp³-hybridized carbons (Fsp3) is 0.316. The van der Waals surface area contributed by atoms with Crippen molar-refractivity contribution < 1.29 is 14.7 Å². The molecule has 0 saturated heterocycles. The predicted molar refractivity (Wildman–Crippen MR) is 99.3 cm³/mol. The maximum absolute atomic E-state index is 12.2. The zero-order valence-corrected chi connectivity index (χ0v) is 14.9. The van der Waals surface area contributed by atoms with E-state index >= 15 is 0 Å². The highest BCUT2D eigenvalue weighted by atomic mass is 32.1. The van der Waals surface area contributed by atoms with E-state index in [1.165, 1.54) is 11.3 Å². The monoisotopic (exact) mass is 358 g/mol. The third-order valence-electron chi connectivity index (χ3n) is 3.84. The summed E-state index contributed by atoms with van der Waals surface area (Å²) in [5.41, 5.74) is 2.55. The third kappa shape index (κ3) is 6.15. The van der Waals surface area contributed by atoms with Gasteiger partial charge in [-0.3, -0.25) is 9.59 Å². The maximum Gasteiger partial charge on any atom is 0.303 e. The third-order valence-corrected chi connectivity index (χ3v) is 4.77. The van der Waals surface area contributed by atoms with Gasteiger partial charge in [0, 0.05) is 24.1 Å². The minimum Gasteiger partial charge on any atom is -0.481 e. The largest absolute Gasteiger partial charge is 0.481 e. The summed E-state index contributed by atoms with van der Waals surface area (Å²) in [6, 6.07) is 11.4. The van der Waals surface area contributed by atoms with Gasteiger partial charge in [-0.05, 0) is 30.4 Å². The van der Waals surface area contributed by atoms with Crippen molar-refractivity contribution in [2.75, 3.05) is 0 Å². The molecule has 25 heavy (non-hydrogen) atoms. The Bertz CT molecular complexity index is 724. The highest BCUT2D eigenvalue weighted by molar-refractivity contribution is 7.12. The van der Waals surface area contributed by atoms with Crippen molar-refractivity contribution in [1.29, 1.82) is 5.41 Å². The van der Waals surface area contributed by atoms with E-state index in [-0.39, 0.29) is 24.8 Å². The lowest BCUT2D eigenvalue weighted by Crippen LogP contribution is -2.30. The van der Waals surface area contributed by atoms with Gasteiger partial charge in [-0.1, -0.05) is 35.9 Å². The number of aliphatic carboxylic acids is 1. The number of carboxylic acid groups (broad SMARTS) is 1. The van der Waals surface area contributed by atoms with Crippen LogP contribution in [0.25, 0.3) is 0 Å². The van der Waals surface area contributed by atoms with E-state index in [2.05, 4.69) is 5.32 Å². The molecule has 2 aromatic rings. The number of carbonyl (C=O) groups excluding carboxylic acids is 1. The smallest absolute Gasteiger partial charge is 0.303 e. The number of aryl methyl sites for hydroxylation is 1. The van der Waals surface area contributed by atoms with Crippen LogP contribution in [0.5, 0.6) is 0 Å². The van der Waals surface area contributed by atoms with Gasteiger partial charge in [-0.15, -0.1) is 11.3 Å². The Hall–Kier alpha value is -2.47. The molecule has 0 bridgehead atoms. The molecule has 1 amide bonds. The Morgan fingerprint density at radius 3 is 2.52 bits per heavy atom. The van der Waals surface area contributed by atoms with E-state index in [0.717, 1.165) is 16.0 Å². The average molecular weight is 358 g/mol. The molecule has 5 nitrogen and oxygen atoms in total. The molecule has 1 heterocycles. The highest BCUT2D eigenvalue weighted by Gasteiger charge is 2.18. The van der Waals surface area contributed by atoms with Gasteiger partial charge in [-0.2, -0.15) is 0 Å². The predicted octanol–water partition coefficient (Wildman–Crippen LogP) is 3.93. The summed E-state index contributed by atoms with van der Waals surface area (Å²) in [5, 5.41) is 21.8. The molecular weight excluding hydrogens is 336 g/mol. The highest BCUT2D eigenvalue weighted by Crippen LogP contribution is 2.22. The lowest BCUT2D eigenvalue weighted by atomic mass is 9.99. The van der Waals surface area contributed by atoms with Gasteiger partial charge < -0.3 is 15.8 Å². The van der Waals surface area contributed by atoms with Crippen molar-refractivity contribution in [3.8, 4) is 0 Å². The number of nitrogens with one attached hydrogen (secondary N) is 2. The molecule has 0 aliphatic rings. The fourth-order valence-corrected chi connectivity index (χ4v) is 3.16. The first-order valence-corrected chi connectivity index (χ1v) is 9.02. The van der Waals surface area contributed by atoms with Crippen LogP contribution in [0, 0.1) is 12.3 Å². The van der Waals surface area contributed by atoms with E-state index in [0.29, 0.717) is 18.6 Å². The van der Waals surface area contributed by atoms with E-state index in [4.69, 9.17) is 10.5 Å². The molecule has 1 aromatic carbocycles. The second-order valence-electron chi connectivity index (χ2n) is 5.94. The van der Waals surface area contributed by atoms with Crippen LogP contribution in [0.4, 0.5) is 0 Å². The number of hydrogen-bond acceptors (Lipinski definition) is 4. The number of rotatable bonds is 9. The Morgan fingerprint density at radius 2 is 1.92 bits per heavy atom. The average Bonchev–Trinajstić information content (AvgIpc) is 3.09. The van der Waals surface area contributed by atoms with Crippen LogP contribution in [0.2, 0.25) is 0 Å². The van der Waals surface area contributed by atoms with Crippen molar-refractivity contribution in [3.63, 3.8) is 0 Å². The second-order valence-corrected chi connectivity index (χ2v) is 6.89. The van der Waals surface area contributed by atoms with Crippen molar-refractivity contribution >= 4 is 28.9 Å². The van der Waals surface area contributed by atoms with Crippen LogP contribution < -0.4 is 5.32 Å². The molecular formula is C19H22N2O3S. The molecule has 0 aliphatic heterocycles. The van der Waals surface area contributed by atoms with E-state index < -0.39 is 5.97 Å². The van der Waals surface area contributed by atoms with E-state index in [9.17, 15) is 9.59 Å². The van der Waals surface area contributed by atoms with Crippen LogP contribution in [0.3, 0.4) is 0 Å². The number of benzene rings is 1. The topological polar surface area (TPSA) is 90.3 Å². The summed E-state index contributed by atoms with van der Waals surface area (Å²) in [6.45, 7) is 2.00. The zero-order valence-electron chi connectivity index (χ0n) is 14.1. The normalized spacial score (nSPS) is 11.7. The number of carboxylic acids is 1. The minimum atomic E-state index is -0.901. The molecule has 1 atom stereocenters. The fourth-order valence-electron chi connectivity index (χ4n) is 2.47. The van der Waals surface area contributed by atoms with Crippen molar-refractivity contribution in [2.45, 2.75) is 38.6 Å². The summed E-state index contributed by atoms with van der Waals surface area (Å²) in [4.78, 5) is 23.6. The maximum atomic E-state index is 12.2. The lowest BCUT2D eigenvalue weighted by Gasteiger charge is -2.20. The standard InChI is InChI=1S/C19H22N2O3S/c1-13-7-9-14(10-8-13)16(12-15(20)17-4-3-11-25-17)21-18(22)5-2-6-19(23)24/h3-4,7-11,16,20H,2,5-6,12H2,1H3,(H,21,22)(H,23,24). The van der Waals surface area contributed by atoms with Crippen LogP contribution in [0.15, 0.2) is 41.8 Å². The van der Waals surface area contributed by atoms with Crippen molar-refractivity contribution in [2.24, 2.45) is 0 Å². The van der Waals surface area contributed by atoms with Crippen LogP contribution in [-0.2, 0) is 9.59 Å². The molecule has 0 aliphatic carbocycles. The molecule has 0 fully saturated rings. The van der Waals surface area contributed by atoms with Crippen molar-refractivity contribution in [1.82, 2.24) is 5.32 Å². The lowest BCUT2D eigenvalue weighted by molar-refractivity contribution is -0.137. The van der Waals surface area contributed by atoms with Gasteiger partial charge in [0.05, 0.1) is 11.8 Å². The zero-order chi connectivity index (χ0) is 18.2. The van der Waals surface area contributed by atoms with Gasteiger partial charge in [0.1, 0.15) is 0 Å². The Balaban J connectivity index is 2.06. The van der Waals surface area contributed by atoms with Crippen LogP contribution >= 0.6 is 11.3 Å². The molecule has 6 heteroatoms. The summed E-state index contributed by atoms with van der Waals surface area (Å²) < 4.78 is 0. The van der Waals surface area contributed by atoms with Crippen LogP contribution in [0.1, 0.15) is 47.7 Å². The number of thiophene rings is 1. The molecule has 0 spiro atoms. The van der Waals surface area contributed by atoms with Gasteiger partial charge in [0.15, 0.2) is 0 Å². The molecule has 0 saturated carbocycles. The molecule has 3 N–H and O–H groups in total. The van der Waals surface area contributed by atoms with Gasteiger partial charge in [0.25, 0.3) is 0 Å². The second kappa shape index (κ2) is 9.13. The first-order chi connectivity index (χ1) is 12.0. The molecule has 1 unspecified atom stereocenters. The Morgan fingerprint density at radius 1 is 1.20 bits per heavy atom. The van der Waals surface area contributed by atoms with Crippen LogP contribution in [-0.4, -0.2) is 22.7 Å².